The number of benzene rings is 1. The van der Waals surface area contributed by atoms with Gasteiger partial charge in [-0.25, -0.2) is 4.98 Å². The van der Waals surface area contributed by atoms with E-state index in [1.165, 1.54) is 6.20 Å². The summed E-state index contributed by atoms with van der Waals surface area (Å²) in [5.41, 5.74) is 2.29. The average Bonchev–Trinajstić information content (AvgIpc) is 2.57. The molecule has 1 aromatic heterocycles. The number of pyridine rings is 1. The first-order valence-electron chi connectivity index (χ1n) is 7.07. The fourth-order valence-electron chi connectivity index (χ4n) is 2.27. The highest BCUT2D eigenvalue weighted by molar-refractivity contribution is 6.29. The van der Waals surface area contributed by atoms with Crippen molar-refractivity contribution in [3.05, 3.63) is 58.9 Å². The van der Waals surface area contributed by atoms with Gasteiger partial charge in [0.1, 0.15) is 5.15 Å². The van der Waals surface area contributed by atoms with Crippen LogP contribution < -0.4 is 10.6 Å². The minimum atomic E-state index is -0.215. The Balaban J connectivity index is 0.00000192. The zero-order chi connectivity index (χ0) is 15.4. The normalized spacial score (nSPS) is 17.2. The molecule has 0 bridgehead atoms. The summed E-state index contributed by atoms with van der Waals surface area (Å²) in [6.45, 7) is 2.41. The molecule has 0 radical (unpaired) electrons. The number of nitrogens with zero attached hydrogens (tertiary/aromatic N) is 1. The molecule has 1 aromatic carbocycles. The van der Waals surface area contributed by atoms with Crippen LogP contribution in [0.5, 0.6) is 0 Å². The van der Waals surface area contributed by atoms with Crippen LogP contribution in [0.25, 0.3) is 0 Å². The minimum Gasteiger partial charge on any atom is -0.371 e. The number of hydrogen-bond acceptors (Lipinski definition) is 4. The number of ether oxygens (including phenoxy) is 1. The first-order chi connectivity index (χ1) is 10.7. The summed E-state index contributed by atoms with van der Waals surface area (Å²) in [7, 11) is 0. The van der Waals surface area contributed by atoms with E-state index in [1.54, 1.807) is 12.1 Å². The second-order valence-corrected chi connectivity index (χ2v) is 5.40. The monoisotopic (exact) mass is 353 g/mol. The Labute approximate surface area is 145 Å². The minimum absolute atomic E-state index is 0. The summed E-state index contributed by atoms with van der Waals surface area (Å²) in [5.74, 6) is -0.215. The molecule has 0 aliphatic carbocycles. The largest absolute Gasteiger partial charge is 0.371 e. The maximum Gasteiger partial charge on any atom is 0.257 e. The molecular formula is C16H17Cl2N3O2. The van der Waals surface area contributed by atoms with E-state index >= 15 is 0 Å². The Bertz CT molecular complexity index is 641. The molecular weight excluding hydrogens is 337 g/mol. The Morgan fingerprint density at radius 1 is 1.26 bits per heavy atom. The fraction of sp³-hybridized carbons (Fsp3) is 0.250. The first-order valence-corrected chi connectivity index (χ1v) is 7.45. The molecule has 1 aliphatic heterocycles. The van der Waals surface area contributed by atoms with Gasteiger partial charge < -0.3 is 15.4 Å². The van der Waals surface area contributed by atoms with Crippen molar-refractivity contribution in [2.24, 2.45) is 0 Å². The fourth-order valence-corrected chi connectivity index (χ4v) is 2.39. The molecule has 2 N–H and O–H groups in total. The topological polar surface area (TPSA) is 63.2 Å². The van der Waals surface area contributed by atoms with E-state index < -0.39 is 0 Å². The number of aromatic nitrogens is 1. The van der Waals surface area contributed by atoms with Gasteiger partial charge in [0.2, 0.25) is 0 Å². The van der Waals surface area contributed by atoms with E-state index in [0.29, 0.717) is 17.3 Å². The molecule has 5 nitrogen and oxygen atoms in total. The smallest absolute Gasteiger partial charge is 0.257 e. The molecule has 2 aromatic rings. The lowest BCUT2D eigenvalue weighted by Gasteiger charge is -2.24. The van der Waals surface area contributed by atoms with Crippen molar-refractivity contribution in [2.45, 2.75) is 6.10 Å². The van der Waals surface area contributed by atoms with Crippen molar-refractivity contribution in [3.63, 3.8) is 0 Å². The van der Waals surface area contributed by atoms with Crippen LogP contribution in [-0.2, 0) is 4.74 Å². The van der Waals surface area contributed by atoms with Crippen LogP contribution in [0, 0.1) is 0 Å². The average molecular weight is 354 g/mol. The third-order valence-corrected chi connectivity index (χ3v) is 3.68. The third-order valence-electron chi connectivity index (χ3n) is 3.46. The Kier molecular flexibility index (Phi) is 6.36. The molecule has 0 spiro atoms. The van der Waals surface area contributed by atoms with Crippen molar-refractivity contribution in [2.75, 3.05) is 25.0 Å². The summed E-state index contributed by atoms with van der Waals surface area (Å²) in [5, 5.41) is 6.49. The van der Waals surface area contributed by atoms with Crippen LogP contribution >= 0.6 is 24.0 Å². The lowest BCUT2D eigenvalue weighted by Crippen LogP contribution is -2.33. The lowest BCUT2D eigenvalue weighted by molar-refractivity contribution is 0.0277. The molecule has 1 saturated heterocycles. The van der Waals surface area contributed by atoms with E-state index in [9.17, 15) is 4.79 Å². The number of amides is 1. The first kappa shape index (κ1) is 17.7. The molecule has 1 atom stereocenters. The molecule has 1 aliphatic rings. The quantitative estimate of drug-likeness (QED) is 0.832. The number of nitrogens with one attached hydrogen (secondary N) is 2. The third kappa shape index (κ3) is 4.65. The number of carbonyl (C=O) groups excluding carboxylic acids is 1. The summed E-state index contributed by atoms with van der Waals surface area (Å²) in [6.07, 6.45) is 1.52. The predicted molar refractivity (Wildman–Crippen MR) is 92.5 cm³/mol. The highest BCUT2D eigenvalue weighted by Gasteiger charge is 2.15. The van der Waals surface area contributed by atoms with Gasteiger partial charge in [0.15, 0.2) is 0 Å². The highest BCUT2D eigenvalue weighted by Crippen LogP contribution is 2.21. The lowest BCUT2D eigenvalue weighted by atomic mass is 10.1. The molecule has 23 heavy (non-hydrogen) atoms. The summed E-state index contributed by atoms with van der Waals surface area (Å²) in [4.78, 5) is 16.0. The number of morpholine rings is 1. The van der Waals surface area contributed by atoms with E-state index in [2.05, 4.69) is 15.6 Å². The van der Waals surface area contributed by atoms with Gasteiger partial charge in [0.05, 0.1) is 18.3 Å². The zero-order valence-corrected chi connectivity index (χ0v) is 13.9. The van der Waals surface area contributed by atoms with Crippen molar-refractivity contribution in [1.82, 2.24) is 10.3 Å². The van der Waals surface area contributed by atoms with Crippen molar-refractivity contribution >= 4 is 35.6 Å². The van der Waals surface area contributed by atoms with Crippen LogP contribution in [-0.4, -0.2) is 30.6 Å². The van der Waals surface area contributed by atoms with Crippen molar-refractivity contribution in [1.29, 1.82) is 0 Å². The number of halogens is 2. The second kappa shape index (κ2) is 8.26. The van der Waals surface area contributed by atoms with Gasteiger partial charge in [-0.05, 0) is 29.8 Å². The van der Waals surface area contributed by atoms with Crippen LogP contribution in [0.15, 0.2) is 42.6 Å². The standard InChI is InChI=1S/C16H16ClN3O2.ClH/c17-15-6-3-12(9-19-15)16(21)20-13-4-1-11(2-5-13)14-10-18-7-8-22-14;/h1-6,9,14,18H,7-8,10H2,(H,20,21);1H/t14-;/m0./s1. The predicted octanol–water partition coefficient (Wildman–Crippen LogP) is 3.07. The molecule has 7 heteroatoms. The van der Waals surface area contributed by atoms with Gasteiger partial charge in [-0.1, -0.05) is 23.7 Å². The summed E-state index contributed by atoms with van der Waals surface area (Å²) >= 11 is 5.71. The molecule has 122 valence electrons. The Morgan fingerprint density at radius 2 is 2.04 bits per heavy atom. The van der Waals surface area contributed by atoms with Gasteiger partial charge in [0, 0.05) is 25.0 Å². The number of anilines is 1. The van der Waals surface area contributed by atoms with Crippen molar-refractivity contribution in [3.8, 4) is 0 Å². The maximum absolute atomic E-state index is 12.1. The van der Waals surface area contributed by atoms with Crippen LogP contribution in [0.4, 0.5) is 5.69 Å². The molecule has 3 rings (SSSR count). The molecule has 2 heterocycles. The van der Waals surface area contributed by atoms with Crippen LogP contribution in [0.2, 0.25) is 5.15 Å². The SMILES string of the molecule is Cl.O=C(Nc1ccc([C@@H]2CNCCO2)cc1)c1ccc(Cl)nc1. The Morgan fingerprint density at radius 3 is 2.65 bits per heavy atom. The molecule has 1 amide bonds. The maximum atomic E-state index is 12.1. The molecule has 0 saturated carbocycles. The molecule has 1 fully saturated rings. The number of carbonyl (C=O) groups is 1. The van der Waals surface area contributed by atoms with Gasteiger partial charge in [-0.2, -0.15) is 0 Å². The van der Waals surface area contributed by atoms with E-state index in [0.717, 1.165) is 24.3 Å². The van der Waals surface area contributed by atoms with Gasteiger partial charge in [0.25, 0.3) is 5.91 Å². The highest BCUT2D eigenvalue weighted by atomic mass is 35.5. The zero-order valence-electron chi connectivity index (χ0n) is 12.3. The van der Waals surface area contributed by atoms with Gasteiger partial charge >= 0.3 is 0 Å². The van der Waals surface area contributed by atoms with Gasteiger partial charge in [-0.15, -0.1) is 12.4 Å². The summed E-state index contributed by atoms with van der Waals surface area (Å²) in [6, 6.07) is 10.9. The summed E-state index contributed by atoms with van der Waals surface area (Å²) < 4.78 is 5.69. The number of rotatable bonds is 3. The van der Waals surface area contributed by atoms with E-state index in [-0.39, 0.29) is 24.4 Å². The van der Waals surface area contributed by atoms with Crippen LogP contribution in [0.3, 0.4) is 0 Å². The molecule has 0 unspecified atom stereocenters. The van der Waals surface area contributed by atoms with E-state index in [1.807, 2.05) is 24.3 Å². The van der Waals surface area contributed by atoms with Gasteiger partial charge in [-0.3, -0.25) is 4.79 Å². The second-order valence-electron chi connectivity index (χ2n) is 5.01. The van der Waals surface area contributed by atoms with E-state index in [4.69, 9.17) is 16.3 Å². The Hall–Kier alpha value is -1.66. The van der Waals surface area contributed by atoms with Crippen LogP contribution in [0.1, 0.15) is 22.0 Å². The van der Waals surface area contributed by atoms with Crippen molar-refractivity contribution < 1.29 is 9.53 Å². The number of hydrogen-bond donors (Lipinski definition) is 2.